The van der Waals surface area contributed by atoms with Gasteiger partial charge in [-0.2, -0.15) is 0 Å². The van der Waals surface area contributed by atoms with Gasteiger partial charge in [0.15, 0.2) is 0 Å². The number of phenols is 1. The van der Waals surface area contributed by atoms with Crippen molar-refractivity contribution in [2.24, 2.45) is 12.8 Å². The van der Waals surface area contributed by atoms with E-state index in [0.717, 1.165) is 16.9 Å². The molecule has 1 aromatic carbocycles. The van der Waals surface area contributed by atoms with Gasteiger partial charge in [0, 0.05) is 25.1 Å². The van der Waals surface area contributed by atoms with Crippen LogP contribution < -0.4 is 5.73 Å². The SMILES string of the molecule is Cn1c(CC(C)(C)N)nc2ccc(O)cc21. The molecular weight excluding hydrogens is 202 g/mol. The van der Waals surface area contributed by atoms with Gasteiger partial charge in [0.2, 0.25) is 0 Å². The zero-order chi connectivity index (χ0) is 11.9. The fourth-order valence-corrected chi connectivity index (χ4v) is 1.79. The molecule has 3 N–H and O–H groups in total. The lowest BCUT2D eigenvalue weighted by Gasteiger charge is -2.17. The number of nitrogens with zero attached hydrogens (tertiary/aromatic N) is 2. The second-order valence-electron chi connectivity index (χ2n) is 4.93. The minimum atomic E-state index is -0.281. The van der Waals surface area contributed by atoms with E-state index in [0.29, 0.717) is 6.42 Å². The van der Waals surface area contributed by atoms with Crippen molar-refractivity contribution in [1.82, 2.24) is 9.55 Å². The van der Waals surface area contributed by atoms with Crippen LogP contribution in [-0.2, 0) is 13.5 Å². The van der Waals surface area contributed by atoms with Crippen molar-refractivity contribution in [1.29, 1.82) is 0 Å². The van der Waals surface area contributed by atoms with Crippen LogP contribution in [0.1, 0.15) is 19.7 Å². The van der Waals surface area contributed by atoms with E-state index in [9.17, 15) is 5.11 Å². The van der Waals surface area contributed by atoms with Crippen molar-refractivity contribution >= 4 is 11.0 Å². The third kappa shape index (κ3) is 2.02. The van der Waals surface area contributed by atoms with Crippen molar-refractivity contribution in [3.8, 4) is 5.75 Å². The number of hydrogen-bond acceptors (Lipinski definition) is 3. The monoisotopic (exact) mass is 219 g/mol. The molecule has 0 fully saturated rings. The van der Waals surface area contributed by atoms with Crippen molar-refractivity contribution in [2.75, 3.05) is 0 Å². The maximum absolute atomic E-state index is 9.43. The summed E-state index contributed by atoms with van der Waals surface area (Å²) in [5.41, 5.74) is 7.52. The number of benzene rings is 1. The molecule has 0 saturated heterocycles. The highest BCUT2D eigenvalue weighted by Gasteiger charge is 2.16. The van der Waals surface area contributed by atoms with Crippen LogP contribution in [0, 0.1) is 0 Å². The lowest BCUT2D eigenvalue weighted by atomic mass is 10.0. The summed E-state index contributed by atoms with van der Waals surface area (Å²) in [6, 6.07) is 5.18. The maximum atomic E-state index is 9.43. The number of aromatic hydroxyl groups is 1. The Balaban J connectivity index is 2.52. The highest BCUT2D eigenvalue weighted by molar-refractivity contribution is 5.77. The molecule has 0 amide bonds. The molecule has 0 unspecified atom stereocenters. The number of rotatable bonds is 2. The van der Waals surface area contributed by atoms with Gasteiger partial charge in [0.05, 0.1) is 11.0 Å². The molecule has 1 heterocycles. The number of fused-ring (bicyclic) bond motifs is 1. The van der Waals surface area contributed by atoms with E-state index in [1.165, 1.54) is 0 Å². The van der Waals surface area contributed by atoms with Gasteiger partial charge < -0.3 is 15.4 Å². The van der Waals surface area contributed by atoms with Crippen LogP contribution in [0.2, 0.25) is 0 Å². The molecule has 4 nitrogen and oxygen atoms in total. The van der Waals surface area contributed by atoms with Gasteiger partial charge >= 0.3 is 0 Å². The van der Waals surface area contributed by atoms with Gasteiger partial charge in [-0.05, 0) is 26.0 Å². The Kier molecular flexibility index (Phi) is 2.39. The average molecular weight is 219 g/mol. The van der Waals surface area contributed by atoms with E-state index in [2.05, 4.69) is 4.98 Å². The van der Waals surface area contributed by atoms with E-state index in [4.69, 9.17) is 5.73 Å². The van der Waals surface area contributed by atoms with Crippen LogP contribution in [0.25, 0.3) is 11.0 Å². The molecule has 4 heteroatoms. The van der Waals surface area contributed by atoms with Gasteiger partial charge in [-0.15, -0.1) is 0 Å². The Morgan fingerprint density at radius 2 is 2.12 bits per heavy atom. The van der Waals surface area contributed by atoms with Crippen molar-refractivity contribution < 1.29 is 5.11 Å². The Bertz CT molecular complexity index is 523. The molecule has 1 aromatic heterocycles. The molecule has 0 radical (unpaired) electrons. The fourth-order valence-electron chi connectivity index (χ4n) is 1.79. The highest BCUT2D eigenvalue weighted by Crippen LogP contribution is 2.21. The summed E-state index contributed by atoms with van der Waals surface area (Å²) in [5, 5.41) is 9.43. The molecule has 2 rings (SSSR count). The predicted molar refractivity (Wildman–Crippen MR) is 64.3 cm³/mol. The van der Waals surface area contributed by atoms with Crippen molar-refractivity contribution in [3.05, 3.63) is 24.0 Å². The largest absolute Gasteiger partial charge is 0.508 e. The molecule has 16 heavy (non-hydrogen) atoms. The summed E-state index contributed by atoms with van der Waals surface area (Å²) in [7, 11) is 1.94. The molecule has 0 saturated carbocycles. The summed E-state index contributed by atoms with van der Waals surface area (Å²) in [6.45, 7) is 3.95. The van der Waals surface area contributed by atoms with E-state index in [-0.39, 0.29) is 11.3 Å². The second kappa shape index (κ2) is 3.49. The number of phenolic OH excluding ortho intramolecular Hbond substituents is 1. The summed E-state index contributed by atoms with van der Waals surface area (Å²) >= 11 is 0. The van der Waals surface area contributed by atoms with Gasteiger partial charge in [-0.25, -0.2) is 4.98 Å². The van der Waals surface area contributed by atoms with E-state index in [1.54, 1.807) is 12.1 Å². The molecule has 0 aliphatic heterocycles. The first-order valence-electron chi connectivity index (χ1n) is 5.30. The standard InChI is InChI=1S/C12H17N3O/c1-12(2,13)7-11-14-9-5-4-8(16)6-10(9)15(11)3/h4-6,16H,7,13H2,1-3H3. The lowest BCUT2D eigenvalue weighted by molar-refractivity contribution is 0.476. The Hall–Kier alpha value is -1.55. The Morgan fingerprint density at radius 3 is 2.75 bits per heavy atom. The lowest BCUT2D eigenvalue weighted by Crippen LogP contribution is -2.35. The minimum absolute atomic E-state index is 0.258. The fraction of sp³-hybridized carbons (Fsp3) is 0.417. The smallest absolute Gasteiger partial charge is 0.117 e. The second-order valence-corrected chi connectivity index (χ2v) is 4.93. The van der Waals surface area contributed by atoms with Gasteiger partial charge in [-0.1, -0.05) is 0 Å². The number of imidazole rings is 1. The highest BCUT2D eigenvalue weighted by atomic mass is 16.3. The first kappa shape index (κ1) is 11.0. The molecule has 0 aliphatic rings. The number of aryl methyl sites for hydroxylation is 1. The van der Waals surface area contributed by atoms with Crippen LogP contribution in [0.15, 0.2) is 18.2 Å². The summed E-state index contributed by atoms with van der Waals surface area (Å²) in [5.74, 6) is 1.20. The maximum Gasteiger partial charge on any atom is 0.117 e. The normalized spacial score (nSPS) is 12.2. The molecule has 0 aliphatic carbocycles. The van der Waals surface area contributed by atoms with Crippen LogP contribution in [0.5, 0.6) is 5.75 Å². The minimum Gasteiger partial charge on any atom is -0.508 e. The predicted octanol–water partition coefficient (Wildman–Crippen LogP) is 1.56. The molecule has 86 valence electrons. The molecule has 2 aromatic rings. The van der Waals surface area contributed by atoms with E-state index in [1.807, 2.05) is 31.5 Å². The molecule has 0 bridgehead atoms. The summed E-state index contributed by atoms with van der Waals surface area (Å²) < 4.78 is 1.98. The molecule has 0 atom stereocenters. The zero-order valence-electron chi connectivity index (χ0n) is 9.86. The van der Waals surface area contributed by atoms with Crippen molar-refractivity contribution in [3.63, 3.8) is 0 Å². The number of hydrogen-bond donors (Lipinski definition) is 2. The van der Waals surface area contributed by atoms with Gasteiger partial charge in [0.25, 0.3) is 0 Å². The Labute approximate surface area is 94.7 Å². The van der Waals surface area contributed by atoms with E-state index >= 15 is 0 Å². The Morgan fingerprint density at radius 1 is 1.44 bits per heavy atom. The van der Waals surface area contributed by atoms with Crippen LogP contribution in [-0.4, -0.2) is 20.2 Å². The summed E-state index contributed by atoms with van der Waals surface area (Å²) in [6.07, 6.45) is 0.707. The van der Waals surface area contributed by atoms with Crippen LogP contribution in [0.4, 0.5) is 0 Å². The number of nitrogens with two attached hydrogens (primary N) is 1. The average Bonchev–Trinajstić information content (AvgIpc) is 2.42. The third-order valence-corrected chi connectivity index (χ3v) is 2.57. The first-order valence-corrected chi connectivity index (χ1v) is 5.30. The summed E-state index contributed by atoms with van der Waals surface area (Å²) in [4.78, 5) is 4.51. The van der Waals surface area contributed by atoms with E-state index < -0.39 is 0 Å². The molecular formula is C12H17N3O. The zero-order valence-corrected chi connectivity index (χ0v) is 9.86. The van der Waals surface area contributed by atoms with Crippen LogP contribution >= 0.6 is 0 Å². The van der Waals surface area contributed by atoms with Crippen molar-refractivity contribution in [2.45, 2.75) is 25.8 Å². The third-order valence-electron chi connectivity index (χ3n) is 2.57. The first-order chi connectivity index (χ1) is 7.37. The van der Waals surface area contributed by atoms with Gasteiger partial charge in [0.1, 0.15) is 11.6 Å². The molecule has 0 spiro atoms. The topological polar surface area (TPSA) is 64.1 Å². The quantitative estimate of drug-likeness (QED) is 0.805. The van der Waals surface area contributed by atoms with Crippen LogP contribution in [0.3, 0.4) is 0 Å². The van der Waals surface area contributed by atoms with Gasteiger partial charge in [-0.3, -0.25) is 0 Å². The number of aromatic nitrogens is 2.